The quantitative estimate of drug-likeness (QED) is 0.530. The first-order valence-electron chi connectivity index (χ1n) is 11.7. The van der Waals surface area contributed by atoms with E-state index >= 15 is 0 Å². The zero-order chi connectivity index (χ0) is 24.9. The number of aromatic amines is 1. The van der Waals surface area contributed by atoms with E-state index in [2.05, 4.69) is 21.6 Å². The van der Waals surface area contributed by atoms with Crippen LogP contribution < -0.4 is 5.32 Å². The molecule has 0 unspecified atom stereocenters. The number of hydrogen-bond donors (Lipinski definition) is 3. The first-order chi connectivity index (χ1) is 16.3. The fraction of sp³-hybridized carbons (Fsp3) is 0.520. The van der Waals surface area contributed by atoms with Gasteiger partial charge < -0.3 is 15.3 Å². The molecule has 0 atom stereocenters. The predicted octanol–water partition coefficient (Wildman–Crippen LogP) is 3.27. The number of nitrogens with zero attached hydrogens (tertiary/aromatic N) is 3. The number of benzene rings is 1. The summed E-state index contributed by atoms with van der Waals surface area (Å²) in [6, 6.07) is 9.07. The number of aliphatic hydroxyl groups is 1. The minimum Gasteiger partial charge on any atom is -0.395 e. The Hall–Kier alpha value is -2.83. The number of fused-ring (bicyclic) bond motifs is 1. The van der Waals surface area contributed by atoms with Gasteiger partial charge in [-0.05, 0) is 50.8 Å². The summed E-state index contributed by atoms with van der Waals surface area (Å²) in [6.07, 6.45) is 2.63. The summed E-state index contributed by atoms with van der Waals surface area (Å²) in [5, 5.41) is 28.2. The number of hydrogen-bond acceptors (Lipinski definition) is 6. The largest absolute Gasteiger partial charge is 0.395 e. The van der Waals surface area contributed by atoms with Crippen molar-refractivity contribution in [1.29, 1.82) is 5.26 Å². The second kappa shape index (κ2) is 10.6. The van der Waals surface area contributed by atoms with Gasteiger partial charge in [0.1, 0.15) is 5.69 Å². The van der Waals surface area contributed by atoms with Gasteiger partial charge in [-0.15, -0.1) is 11.8 Å². The molecular weight excluding hydrogens is 450 g/mol. The molecule has 0 spiro atoms. The van der Waals surface area contributed by atoms with Crippen molar-refractivity contribution < 1.29 is 14.7 Å². The van der Waals surface area contributed by atoms with Crippen molar-refractivity contribution in [1.82, 2.24) is 20.4 Å². The van der Waals surface area contributed by atoms with Crippen LogP contribution in [0, 0.1) is 11.3 Å². The second-order valence-electron chi connectivity index (χ2n) is 9.10. The molecule has 3 N–H and O–H groups in total. The smallest absolute Gasteiger partial charge is 0.272 e. The minimum atomic E-state index is -0.327. The summed E-state index contributed by atoms with van der Waals surface area (Å²) < 4.78 is -0.241. The van der Waals surface area contributed by atoms with Crippen molar-refractivity contribution in [3.63, 3.8) is 0 Å². The molecule has 1 fully saturated rings. The number of H-pyrrole nitrogens is 1. The van der Waals surface area contributed by atoms with Crippen LogP contribution in [0.4, 0.5) is 0 Å². The lowest BCUT2D eigenvalue weighted by molar-refractivity contribution is 0.0731. The zero-order valence-electron chi connectivity index (χ0n) is 20.3. The molecule has 1 aliphatic heterocycles. The van der Waals surface area contributed by atoms with Crippen LogP contribution >= 0.6 is 11.8 Å². The molecule has 2 amide bonds. The number of carbonyl (C=O) groups excluding carboxylic acids is 2. The number of rotatable bonds is 8. The lowest BCUT2D eigenvalue weighted by atomic mass is 10.0. The van der Waals surface area contributed by atoms with Crippen molar-refractivity contribution in [2.45, 2.75) is 63.0 Å². The number of amides is 2. The number of aliphatic hydroxyl groups excluding tert-OH is 1. The van der Waals surface area contributed by atoms with Crippen LogP contribution in [-0.4, -0.2) is 61.2 Å². The van der Waals surface area contributed by atoms with Gasteiger partial charge in [-0.2, -0.15) is 10.4 Å². The van der Waals surface area contributed by atoms with Crippen molar-refractivity contribution >= 4 is 23.6 Å². The van der Waals surface area contributed by atoms with E-state index in [1.165, 1.54) is 0 Å². The van der Waals surface area contributed by atoms with Gasteiger partial charge in [0.15, 0.2) is 5.69 Å². The fourth-order valence-corrected chi connectivity index (χ4v) is 5.76. The van der Waals surface area contributed by atoms with E-state index in [1.807, 2.05) is 32.6 Å². The van der Waals surface area contributed by atoms with Crippen molar-refractivity contribution in [2.75, 3.05) is 19.7 Å². The van der Waals surface area contributed by atoms with E-state index in [-0.39, 0.29) is 33.6 Å². The maximum absolute atomic E-state index is 13.1. The molecule has 1 aliphatic carbocycles. The Bertz CT molecular complexity index is 1070. The molecule has 1 aromatic heterocycles. The molecule has 2 aliphatic rings. The summed E-state index contributed by atoms with van der Waals surface area (Å²) >= 11 is 1.76. The van der Waals surface area contributed by atoms with Crippen LogP contribution in [0.5, 0.6) is 0 Å². The Morgan fingerprint density at radius 3 is 2.59 bits per heavy atom. The normalized spacial score (nSPS) is 16.1. The van der Waals surface area contributed by atoms with Gasteiger partial charge in [0.25, 0.3) is 11.8 Å². The first kappa shape index (κ1) is 25.8. The molecular formula is C25H33N5O3S. The van der Waals surface area contributed by atoms with Crippen LogP contribution in [-0.2, 0) is 13.0 Å². The Balaban J connectivity index is 0.00000158. The third-order valence-corrected chi connectivity index (χ3v) is 7.56. The molecule has 0 saturated heterocycles. The van der Waals surface area contributed by atoms with Gasteiger partial charge in [0.05, 0.1) is 18.2 Å². The maximum Gasteiger partial charge on any atom is 0.272 e. The van der Waals surface area contributed by atoms with Crippen LogP contribution in [0.3, 0.4) is 0 Å². The number of aromatic nitrogens is 2. The van der Waals surface area contributed by atoms with Gasteiger partial charge in [0, 0.05) is 34.7 Å². The van der Waals surface area contributed by atoms with E-state index in [9.17, 15) is 14.7 Å². The summed E-state index contributed by atoms with van der Waals surface area (Å²) in [5.74, 6) is -0.453. The van der Waals surface area contributed by atoms with Gasteiger partial charge in [0.2, 0.25) is 0 Å². The molecule has 0 bridgehead atoms. The molecule has 1 aromatic carbocycles. The van der Waals surface area contributed by atoms with Crippen molar-refractivity contribution in [3.8, 4) is 6.07 Å². The van der Waals surface area contributed by atoms with Crippen LogP contribution in [0.25, 0.3) is 0 Å². The van der Waals surface area contributed by atoms with Gasteiger partial charge in [-0.1, -0.05) is 26.0 Å². The van der Waals surface area contributed by atoms with Gasteiger partial charge in [-0.3, -0.25) is 14.7 Å². The van der Waals surface area contributed by atoms with E-state index in [4.69, 9.17) is 5.26 Å². The van der Waals surface area contributed by atoms with Crippen LogP contribution in [0.2, 0.25) is 0 Å². The Morgan fingerprint density at radius 1 is 1.32 bits per heavy atom. The third-order valence-electron chi connectivity index (χ3n) is 5.91. The molecule has 1 saturated carbocycles. The molecule has 9 heteroatoms. The van der Waals surface area contributed by atoms with E-state index in [0.717, 1.165) is 18.4 Å². The summed E-state index contributed by atoms with van der Waals surface area (Å²) in [5.41, 5.74) is 2.76. The molecule has 8 nitrogen and oxygen atoms in total. The van der Waals surface area contributed by atoms with Gasteiger partial charge in [-0.25, -0.2) is 0 Å². The highest BCUT2D eigenvalue weighted by atomic mass is 32.2. The Morgan fingerprint density at radius 2 is 2.00 bits per heavy atom. The third kappa shape index (κ3) is 5.80. The van der Waals surface area contributed by atoms with E-state index in [0.29, 0.717) is 42.9 Å². The summed E-state index contributed by atoms with van der Waals surface area (Å²) in [6.45, 7) is 9.63. The average molecular weight is 484 g/mol. The molecule has 2 aromatic rings. The highest BCUT2D eigenvalue weighted by Crippen LogP contribution is 2.54. The number of nitriles is 1. The lowest BCUT2D eigenvalue weighted by Crippen LogP contribution is -2.43. The molecule has 2 heterocycles. The average Bonchev–Trinajstić information content (AvgIpc) is 3.44. The summed E-state index contributed by atoms with van der Waals surface area (Å²) in [4.78, 5) is 27.6. The number of nitrogens with one attached hydrogen (secondary N) is 2. The maximum atomic E-state index is 13.1. The fourth-order valence-electron chi connectivity index (χ4n) is 3.99. The van der Waals surface area contributed by atoms with E-state index in [1.54, 1.807) is 36.0 Å². The van der Waals surface area contributed by atoms with Gasteiger partial charge >= 0.3 is 0 Å². The topological polar surface area (TPSA) is 122 Å². The van der Waals surface area contributed by atoms with Crippen molar-refractivity contribution in [2.24, 2.45) is 0 Å². The molecule has 4 rings (SSSR count). The molecule has 0 radical (unpaired) electrons. The lowest BCUT2D eigenvalue weighted by Gasteiger charge is -2.34. The predicted molar refractivity (Wildman–Crippen MR) is 133 cm³/mol. The highest BCUT2D eigenvalue weighted by Gasteiger charge is 2.49. The minimum absolute atomic E-state index is 0.000709. The number of thioether (sulfide) groups is 1. The SMILES string of the molecule is CC.CC(C)(CO)SC1(CN2CCc3c(C(=O)NCc4ccc(C#N)cc4)n[nH]c3C2=O)CC1. The zero-order valence-corrected chi connectivity index (χ0v) is 21.1. The molecule has 182 valence electrons. The van der Waals surface area contributed by atoms with Crippen LogP contribution in [0.15, 0.2) is 24.3 Å². The number of carbonyl (C=O) groups is 2. The van der Waals surface area contributed by atoms with Crippen molar-refractivity contribution in [3.05, 3.63) is 52.3 Å². The monoisotopic (exact) mass is 483 g/mol. The van der Waals surface area contributed by atoms with E-state index < -0.39 is 0 Å². The second-order valence-corrected chi connectivity index (χ2v) is 11.3. The molecule has 34 heavy (non-hydrogen) atoms. The first-order valence-corrected chi connectivity index (χ1v) is 12.5. The highest BCUT2D eigenvalue weighted by molar-refractivity contribution is 8.02. The Labute approximate surface area is 205 Å². The Kier molecular flexibility index (Phi) is 8.05. The van der Waals surface area contributed by atoms with Crippen LogP contribution in [0.1, 0.15) is 78.2 Å². The standard InChI is InChI=1S/C23H27N5O3S.C2H6/c1-22(2,14-29)32-23(8-9-23)13-28-10-7-17-18(26-27-19(17)21(28)31)20(30)25-12-16-5-3-15(11-24)4-6-16;1-2/h3-6,29H,7-10,12-14H2,1-2H3,(H,25,30)(H,26,27);1-2H3. The summed E-state index contributed by atoms with van der Waals surface area (Å²) in [7, 11) is 0.